The third kappa shape index (κ3) is 8.22. The maximum atomic E-state index is 13.3. The lowest BCUT2D eigenvalue weighted by atomic mass is 10.3. The fourth-order valence-electron chi connectivity index (χ4n) is 4.76. The molecule has 0 atom stereocenters. The van der Waals surface area contributed by atoms with Crippen LogP contribution in [0.2, 0.25) is 0 Å². The second-order valence-corrected chi connectivity index (χ2v) is 11.6. The third-order valence-electron chi connectivity index (χ3n) is 7.80. The minimum absolute atomic E-state index is 0.144. The lowest BCUT2D eigenvalue weighted by molar-refractivity contribution is 0.0784. The molecule has 0 aliphatic rings. The second kappa shape index (κ2) is 15.2. The van der Waals surface area contributed by atoms with Crippen LogP contribution in [0.5, 0.6) is 0 Å². The van der Waals surface area contributed by atoms with E-state index >= 15 is 0 Å². The highest BCUT2D eigenvalue weighted by Gasteiger charge is 2.24. The van der Waals surface area contributed by atoms with Gasteiger partial charge in [-0.05, 0) is 51.3 Å². The van der Waals surface area contributed by atoms with Crippen molar-refractivity contribution in [3.05, 3.63) is 76.7 Å². The zero-order chi connectivity index (χ0) is 36.0. The fraction of sp³-hybridized carbons (Fsp3) is 0.323. The van der Waals surface area contributed by atoms with Crippen molar-refractivity contribution in [2.45, 2.75) is 6.42 Å². The smallest absolute Gasteiger partial charge is 0.344 e. The van der Waals surface area contributed by atoms with Crippen molar-refractivity contribution in [1.82, 2.24) is 34.7 Å². The van der Waals surface area contributed by atoms with Crippen LogP contribution in [-0.4, -0.2) is 127 Å². The number of carbonyl (C=O) groups excluding carboxylic acids is 5. The molecule has 0 fully saturated rings. The van der Waals surface area contributed by atoms with Gasteiger partial charge in [-0.2, -0.15) is 5.01 Å². The summed E-state index contributed by atoms with van der Waals surface area (Å²) in [6.07, 6.45) is 6.82. The molecule has 0 saturated heterocycles. The van der Waals surface area contributed by atoms with Crippen LogP contribution in [-0.2, 0) is 0 Å². The van der Waals surface area contributed by atoms with E-state index in [-0.39, 0.29) is 34.6 Å². The Bertz CT molecular complexity index is 1830. The molecule has 0 aliphatic carbocycles. The summed E-state index contributed by atoms with van der Waals surface area (Å²) < 4.78 is 0. The number of amides is 6. The zero-order valence-corrected chi connectivity index (χ0v) is 28.3. The highest BCUT2D eigenvalue weighted by Crippen LogP contribution is 2.24. The molecule has 0 bridgehead atoms. The molecule has 4 heterocycles. The predicted octanol–water partition coefficient (Wildman–Crippen LogP) is 3.00. The molecule has 5 N–H and O–H groups in total. The van der Waals surface area contributed by atoms with Crippen LogP contribution in [0.1, 0.15) is 48.4 Å². The van der Waals surface area contributed by atoms with Crippen LogP contribution >= 0.6 is 0 Å². The van der Waals surface area contributed by atoms with Crippen LogP contribution in [0.4, 0.5) is 27.5 Å². The van der Waals surface area contributed by atoms with Gasteiger partial charge in [-0.3, -0.25) is 19.2 Å². The number of aromatic nitrogens is 4. The Morgan fingerprint density at radius 3 is 1.43 bits per heavy atom. The first-order valence-electron chi connectivity index (χ1n) is 15.1. The number of nitroso groups, excluding NO2 is 1. The van der Waals surface area contributed by atoms with Gasteiger partial charge in [0.1, 0.15) is 22.8 Å². The third-order valence-corrected chi connectivity index (χ3v) is 7.80. The van der Waals surface area contributed by atoms with Crippen LogP contribution in [0.15, 0.2) is 54.3 Å². The van der Waals surface area contributed by atoms with E-state index < -0.39 is 17.8 Å². The zero-order valence-electron chi connectivity index (χ0n) is 28.3. The van der Waals surface area contributed by atoms with E-state index in [2.05, 4.69) is 35.4 Å². The van der Waals surface area contributed by atoms with E-state index in [9.17, 15) is 28.9 Å². The van der Waals surface area contributed by atoms with Gasteiger partial charge in [-0.1, -0.05) is 0 Å². The van der Waals surface area contributed by atoms with Crippen molar-refractivity contribution < 1.29 is 24.0 Å². The Kier molecular flexibility index (Phi) is 11.0. The fourth-order valence-corrected chi connectivity index (χ4v) is 4.76. The van der Waals surface area contributed by atoms with Crippen LogP contribution < -0.4 is 20.0 Å². The average Bonchev–Trinajstić information content (AvgIpc) is 3.92. The van der Waals surface area contributed by atoms with Crippen molar-refractivity contribution in [3.8, 4) is 0 Å². The molecule has 49 heavy (non-hydrogen) atoms. The van der Waals surface area contributed by atoms with E-state index in [0.717, 1.165) is 13.0 Å². The topological polar surface area (TPSA) is 209 Å². The number of urea groups is 1. The number of rotatable bonds is 13. The summed E-state index contributed by atoms with van der Waals surface area (Å²) in [5.74, 6) is -1.46. The Morgan fingerprint density at radius 2 is 1.00 bits per heavy atom. The van der Waals surface area contributed by atoms with Gasteiger partial charge in [0.2, 0.25) is 0 Å². The number of anilines is 4. The number of nitrogens with one attached hydrogen (secondary N) is 5. The molecule has 18 nitrogen and oxygen atoms in total. The van der Waals surface area contributed by atoms with E-state index in [1.165, 1.54) is 65.6 Å². The summed E-state index contributed by atoms with van der Waals surface area (Å²) in [5.41, 5.74) is 2.47. The van der Waals surface area contributed by atoms with Gasteiger partial charge in [-0.25, -0.2) is 4.79 Å². The Morgan fingerprint density at radius 1 is 0.592 bits per heavy atom. The molecule has 4 aromatic rings. The number of hydrogen-bond acceptors (Lipinski definition) is 8. The summed E-state index contributed by atoms with van der Waals surface area (Å²) in [7, 11) is 11.5. The summed E-state index contributed by atoms with van der Waals surface area (Å²) in [5, 5.41) is 5.50. The standard InChI is InChI=1S/C31H40N12O6/c1-38(2)9-8-10-39(3)27(44)24-12-20(16-33-24)41(5)29(46)26-14-22(18-35-26)42(6)30(47)25-13-21(17-34-25)40(4)28(45)23-11-19(15-32-23)36-31(48)43(7)37-49/h11-18,32-35H,8-10H2,1-7H3,(H,36,48). The summed E-state index contributed by atoms with van der Waals surface area (Å²) in [6.45, 7) is 1.45. The Hall–Kier alpha value is -6.17. The Balaban J connectivity index is 1.37. The van der Waals surface area contributed by atoms with Gasteiger partial charge in [0, 0.05) is 66.6 Å². The van der Waals surface area contributed by atoms with Gasteiger partial charge in [-0.15, -0.1) is 4.91 Å². The van der Waals surface area contributed by atoms with Crippen molar-refractivity contribution in [2.24, 2.45) is 5.29 Å². The highest BCUT2D eigenvalue weighted by molar-refractivity contribution is 6.10. The number of aromatic amines is 4. The number of nitrogens with zero attached hydrogens (tertiary/aromatic N) is 7. The normalized spacial score (nSPS) is 10.9. The van der Waals surface area contributed by atoms with E-state index in [1.54, 1.807) is 38.3 Å². The summed E-state index contributed by atoms with van der Waals surface area (Å²) in [4.78, 5) is 94.1. The van der Waals surface area contributed by atoms with Crippen LogP contribution in [0.25, 0.3) is 0 Å². The molecule has 260 valence electrons. The molecule has 0 spiro atoms. The molecule has 0 unspecified atom stereocenters. The maximum Gasteiger partial charge on any atom is 0.344 e. The molecule has 0 aliphatic heterocycles. The first-order chi connectivity index (χ1) is 23.2. The minimum Gasteiger partial charge on any atom is -0.355 e. The summed E-state index contributed by atoms with van der Waals surface area (Å²) in [6, 6.07) is 5.28. The molecule has 0 aromatic carbocycles. The quantitative estimate of drug-likeness (QED) is 0.105. The van der Waals surface area contributed by atoms with E-state index in [1.807, 2.05) is 14.1 Å². The monoisotopic (exact) mass is 676 g/mol. The van der Waals surface area contributed by atoms with Crippen molar-refractivity contribution in [1.29, 1.82) is 0 Å². The van der Waals surface area contributed by atoms with Crippen LogP contribution in [0.3, 0.4) is 0 Å². The largest absolute Gasteiger partial charge is 0.355 e. The molecular formula is C31H40N12O6. The first-order valence-corrected chi connectivity index (χ1v) is 15.1. The minimum atomic E-state index is -0.775. The van der Waals surface area contributed by atoms with Gasteiger partial charge in [0.05, 0.1) is 28.0 Å². The first kappa shape index (κ1) is 35.7. The highest BCUT2D eigenvalue weighted by atomic mass is 16.3. The molecule has 6 amide bonds. The second-order valence-electron chi connectivity index (χ2n) is 11.6. The number of hydrogen-bond donors (Lipinski definition) is 5. The van der Waals surface area contributed by atoms with Crippen molar-refractivity contribution in [3.63, 3.8) is 0 Å². The number of carbonyl (C=O) groups is 5. The van der Waals surface area contributed by atoms with Gasteiger partial charge < -0.3 is 49.8 Å². The van der Waals surface area contributed by atoms with Crippen molar-refractivity contribution >= 4 is 52.4 Å². The molecule has 18 heteroatoms. The SMILES string of the molecule is CN(C)CCCN(C)C(=O)c1cc(N(C)C(=O)c2cc(N(C)C(=O)c3cc(N(C)C(=O)c4cc(NC(=O)N(C)N=O)c[nH]4)c[nH]3)c[nH]2)c[nH]1. The summed E-state index contributed by atoms with van der Waals surface area (Å²) >= 11 is 0. The van der Waals surface area contributed by atoms with Gasteiger partial charge in [0.25, 0.3) is 23.6 Å². The van der Waals surface area contributed by atoms with E-state index in [4.69, 9.17) is 0 Å². The molecule has 4 rings (SSSR count). The average molecular weight is 677 g/mol. The Labute approximate surface area is 281 Å². The molecule has 4 aromatic heterocycles. The lowest BCUT2D eigenvalue weighted by Gasteiger charge is -2.18. The predicted molar refractivity (Wildman–Crippen MR) is 184 cm³/mol. The molecule has 0 radical (unpaired) electrons. The lowest BCUT2D eigenvalue weighted by Crippen LogP contribution is -2.30. The maximum absolute atomic E-state index is 13.3. The molecule has 0 saturated carbocycles. The van der Waals surface area contributed by atoms with Crippen molar-refractivity contribution in [2.75, 3.05) is 82.4 Å². The molecular weight excluding hydrogens is 636 g/mol. The van der Waals surface area contributed by atoms with E-state index in [0.29, 0.717) is 34.3 Å². The van der Waals surface area contributed by atoms with Gasteiger partial charge >= 0.3 is 6.03 Å². The van der Waals surface area contributed by atoms with Crippen LogP contribution in [0, 0.1) is 4.91 Å². The van der Waals surface area contributed by atoms with Gasteiger partial charge in [0.15, 0.2) is 0 Å². The number of H-pyrrole nitrogens is 4.